The van der Waals surface area contributed by atoms with Gasteiger partial charge >= 0.3 is 0 Å². The Bertz CT molecular complexity index is 368. The molecule has 3 heteroatoms. The summed E-state index contributed by atoms with van der Waals surface area (Å²) in [6.07, 6.45) is 8.50. The zero-order chi connectivity index (χ0) is 11.4. The first-order chi connectivity index (χ1) is 7.85. The Labute approximate surface area is 102 Å². The normalized spacial score (nSPS) is 18.2. The highest BCUT2D eigenvalue weighted by molar-refractivity contribution is 7.12. The van der Waals surface area contributed by atoms with Crippen LogP contribution in [0.15, 0.2) is 23.8 Å². The minimum absolute atomic E-state index is 0.241. The average molecular weight is 236 g/mol. The first-order valence-corrected chi connectivity index (χ1v) is 6.90. The standard InChI is InChI=1S/C13H20N2S/c1-2-11-8-9-12(16-11)13(15-14)10-6-4-3-5-7-10/h6,8-9,13,15H,2-5,7,14H2,1H3. The maximum Gasteiger partial charge on any atom is 0.0762 e. The second-order valence-corrected chi connectivity index (χ2v) is 5.48. The lowest BCUT2D eigenvalue weighted by molar-refractivity contribution is 0.572. The summed E-state index contributed by atoms with van der Waals surface area (Å²) in [5.41, 5.74) is 4.44. The molecule has 16 heavy (non-hydrogen) atoms. The van der Waals surface area contributed by atoms with Gasteiger partial charge in [-0.1, -0.05) is 18.6 Å². The summed E-state index contributed by atoms with van der Waals surface area (Å²) in [7, 11) is 0. The lowest BCUT2D eigenvalue weighted by atomic mass is 9.93. The van der Waals surface area contributed by atoms with Crippen molar-refractivity contribution >= 4 is 11.3 Å². The number of nitrogens with one attached hydrogen (secondary N) is 1. The van der Waals surface area contributed by atoms with Crippen LogP contribution in [-0.2, 0) is 6.42 Å². The third kappa shape index (κ3) is 2.54. The summed E-state index contributed by atoms with van der Waals surface area (Å²) in [6.45, 7) is 2.19. The molecule has 0 bridgehead atoms. The molecule has 0 saturated heterocycles. The van der Waals surface area contributed by atoms with Crippen LogP contribution in [-0.4, -0.2) is 0 Å². The van der Waals surface area contributed by atoms with Crippen LogP contribution >= 0.6 is 11.3 Å². The van der Waals surface area contributed by atoms with Crippen LogP contribution in [0.5, 0.6) is 0 Å². The third-order valence-corrected chi connectivity index (χ3v) is 4.47. The monoisotopic (exact) mass is 236 g/mol. The number of nitrogens with two attached hydrogens (primary N) is 1. The van der Waals surface area contributed by atoms with Gasteiger partial charge in [-0.05, 0) is 44.2 Å². The number of rotatable bonds is 4. The molecule has 2 nitrogen and oxygen atoms in total. The maximum absolute atomic E-state index is 5.70. The highest BCUT2D eigenvalue weighted by Crippen LogP contribution is 2.33. The molecule has 1 atom stereocenters. The molecule has 0 spiro atoms. The Hall–Kier alpha value is -0.640. The zero-order valence-corrected chi connectivity index (χ0v) is 10.6. The molecule has 1 aromatic heterocycles. The predicted molar refractivity (Wildman–Crippen MR) is 70.3 cm³/mol. The van der Waals surface area contributed by atoms with E-state index < -0.39 is 0 Å². The minimum Gasteiger partial charge on any atom is -0.271 e. The van der Waals surface area contributed by atoms with Gasteiger partial charge in [0.25, 0.3) is 0 Å². The van der Waals surface area contributed by atoms with E-state index in [2.05, 4.69) is 30.6 Å². The van der Waals surface area contributed by atoms with E-state index in [9.17, 15) is 0 Å². The van der Waals surface area contributed by atoms with E-state index in [1.54, 1.807) is 0 Å². The summed E-state index contributed by atoms with van der Waals surface area (Å²) in [4.78, 5) is 2.79. The molecule has 0 fully saturated rings. The van der Waals surface area contributed by atoms with E-state index in [0.29, 0.717) is 0 Å². The van der Waals surface area contributed by atoms with Crippen LogP contribution in [0, 0.1) is 0 Å². The van der Waals surface area contributed by atoms with Crippen molar-refractivity contribution in [1.82, 2.24) is 5.43 Å². The fourth-order valence-corrected chi connectivity index (χ4v) is 3.29. The van der Waals surface area contributed by atoms with Crippen molar-refractivity contribution in [2.24, 2.45) is 5.84 Å². The SMILES string of the molecule is CCc1ccc(C(NN)C2=CCCCC2)s1. The molecule has 1 unspecified atom stereocenters. The summed E-state index contributed by atoms with van der Waals surface area (Å²) >= 11 is 1.88. The summed E-state index contributed by atoms with van der Waals surface area (Å²) in [5, 5.41) is 0. The fraction of sp³-hybridized carbons (Fsp3) is 0.538. The number of allylic oxidation sites excluding steroid dienone is 1. The number of thiophene rings is 1. The summed E-state index contributed by atoms with van der Waals surface area (Å²) < 4.78 is 0. The minimum atomic E-state index is 0.241. The van der Waals surface area contributed by atoms with Gasteiger partial charge < -0.3 is 0 Å². The van der Waals surface area contributed by atoms with Gasteiger partial charge in [0, 0.05) is 9.75 Å². The molecule has 0 saturated carbocycles. The van der Waals surface area contributed by atoms with E-state index in [1.807, 2.05) is 11.3 Å². The van der Waals surface area contributed by atoms with Gasteiger partial charge in [-0.15, -0.1) is 11.3 Å². The first kappa shape index (κ1) is 11.8. The largest absolute Gasteiger partial charge is 0.271 e. The molecule has 1 aromatic rings. The van der Waals surface area contributed by atoms with Crippen molar-refractivity contribution < 1.29 is 0 Å². The number of aryl methyl sites for hydroxylation is 1. The Morgan fingerprint density at radius 1 is 1.44 bits per heavy atom. The zero-order valence-electron chi connectivity index (χ0n) is 9.83. The van der Waals surface area contributed by atoms with Gasteiger partial charge in [0.2, 0.25) is 0 Å². The second kappa shape index (κ2) is 5.62. The molecule has 1 aliphatic rings. The molecule has 88 valence electrons. The van der Waals surface area contributed by atoms with Gasteiger partial charge in [-0.2, -0.15) is 0 Å². The topological polar surface area (TPSA) is 38.0 Å². The van der Waals surface area contributed by atoms with Crippen molar-refractivity contribution in [3.63, 3.8) is 0 Å². The molecule has 1 aliphatic carbocycles. The molecule has 0 aromatic carbocycles. The van der Waals surface area contributed by atoms with E-state index in [0.717, 1.165) is 6.42 Å². The van der Waals surface area contributed by atoms with Crippen molar-refractivity contribution in [2.75, 3.05) is 0 Å². The number of hydrazine groups is 1. The van der Waals surface area contributed by atoms with Crippen LogP contribution in [0.1, 0.15) is 48.4 Å². The van der Waals surface area contributed by atoms with Crippen LogP contribution < -0.4 is 11.3 Å². The third-order valence-electron chi connectivity index (χ3n) is 3.18. The van der Waals surface area contributed by atoms with Crippen molar-refractivity contribution in [1.29, 1.82) is 0 Å². The lowest BCUT2D eigenvalue weighted by Gasteiger charge is -2.21. The van der Waals surface area contributed by atoms with Crippen LogP contribution in [0.25, 0.3) is 0 Å². The van der Waals surface area contributed by atoms with Crippen LogP contribution in [0.4, 0.5) is 0 Å². The smallest absolute Gasteiger partial charge is 0.0762 e. The Balaban J connectivity index is 2.17. The molecular weight excluding hydrogens is 216 g/mol. The molecule has 0 amide bonds. The second-order valence-electron chi connectivity index (χ2n) is 4.28. The van der Waals surface area contributed by atoms with Crippen molar-refractivity contribution in [3.8, 4) is 0 Å². The molecule has 0 aliphatic heterocycles. The Kier molecular flexibility index (Phi) is 4.16. The van der Waals surface area contributed by atoms with E-state index in [1.165, 1.54) is 41.0 Å². The fourth-order valence-electron chi connectivity index (χ4n) is 2.24. The van der Waals surface area contributed by atoms with Gasteiger partial charge in [0.15, 0.2) is 0 Å². The van der Waals surface area contributed by atoms with E-state index >= 15 is 0 Å². The first-order valence-electron chi connectivity index (χ1n) is 6.08. The van der Waals surface area contributed by atoms with E-state index in [4.69, 9.17) is 5.84 Å². The molecule has 1 heterocycles. The highest BCUT2D eigenvalue weighted by Gasteiger charge is 2.18. The number of hydrogen-bond donors (Lipinski definition) is 2. The van der Waals surface area contributed by atoms with Crippen molar-refractivity contribution in [3.05, 3.63) is 33.5 Å². The Morgan fingerprint density at radius 3 is 2.88 bits per heavy atom. The lowest BCUT2D eigenvalue weighted by Crippen LogP contribution is -2.29. The molecule has 2 rings (SSSR count). The molecule has 0 radical (unpaired) electrons. The molecule has 3 N–H and O–H groups in total. The van der Waals surface area contributed by atoms with Crippen LogP contribution in [0.3, 0.4) is 0 Å². The van der Waals surface area contributed by atoms with E-state index in [-0.39, 0.29) is 6.04 Å². The quantitative estimate of drug-likeness (QED) is 0.478. The highest BCUT2D eigenvalue weighted by atomic mass is 32.1. The average Bonchev–Trinajstić information content (AvgIpc) is 2.80. The van der Waals surface area contributed by atoms with Crippen LogP contribution in [0.2, 0.25) is 0 Å². The molecular formula is C13H20N2S. The van der Waals surface area contributed by atoms with Gasteiger partial charge in [-0.25, -0.2) is 5.43 Å². The maximum atomic E-state index is 5.70. The Morgan fingerprint density at radius 2 is 2.31 bits per heavy atom. The summed E-state index contributed by atoms with van der Waals surface area (Å²) in [5.74, 6) is 5.70. The van der Waals surface area contributed by atoms with Gasteiger partial charge in [-0.3, -0.25) is 5.84 Å². The number of hydrogen-bond acceptors (Lipinski definition) is 3. The van der Waals surface area contributed by atoms with Crippen molar-refractivity contribution in [2.45, 2.75) is 45.1 Å². The van der Waals surface area contributed by atoms with Gasteiger partial charge in [0.05, 0.1) is 6.04 Å². The van der Waals surface area contributed by atoms with Gasteiger partial charge in [0.1, 0.15) is 0 Å². The summed E-state index contributed by atoms with van der Waals surface area (Å²) in [6, 6.07) is 4.67. The predicted octanol–water partition coefficient (Wildman–Crippen LogP) is 3.32.